The number of hydrazone groups is 1. The zero-order valence-electron chi connectivity index (χ0n) is 14.3. The molecule has 26 heavy (non-hydrogen) atoms. The number of para-hydroxylation sites is 1. The summed E-state index contributed by atoms with van der Waals surface area (Å²) in [6.45, 7) is 0. The number of anilines is 1. The molecule has 132 valence electrons. The summed E-state index contributed by atoms with van der Waals surface area (Å²) in [4.78, 5) is 27.7. The van der Waals surface area contributed by atoms with Crippen molar-refractivity contribution in [2.24, 2.45) is 5.10 Å². The lowest BCUT2D eigenvalue weighted by Gasteiger charge is -2.12. The van der Waals surface area contributed by atoms with Crippen LogP contribution in [0, 0.1) is 10.1 Å². The fraction of sp³-hybridized carbons (Fsp3) is 0.111. The number of nitrogens with zero attached hydrogens (tertiary/aromatic N) is 3. The van der Waals surface area contributed by atoms with Gasteiger partial charge in [-0.1, -0.05) is 24.3 Å². The van der Waals surface area contributed by atoms with E-state index >= 15 is 0 Å². The molecule has 2 aromatic carbocycles. The number of rotatable bonds is 5. The fourth-order valence-corrected chi connectivity index (χ4v) is 2.63. The van der Waals surface area contributed by atoms with E-state index in [0.29, 0.717) is 16.8 Å². The van der Waals surface area contributed by atoms with E-state index in [0.717, 1.165) is 10.9 Å². The van der Waals surface area contributed by atoms with E-state index < -0.39 is 4.92 Å². The van der Waals surface area contributed by atoms with Crippen molar-refractivity contribution in [1.29, 1.82) is 0 Å². The van der Waals surface area contributed by atoms with Gasteiger partial charge in [0.2, 0.25) is 0 Å². The lowest BCUT2D eigenvalue weighted by atomic mass is 10.1. The molecule has 2 N–H and O–H groups in total. The van der Waals surface area contributed by atoms with Crippen molar-refractivity contribution in [3.63, 3.8) is 0 Å². The standard InChI is InChI=1S/C18H17N5O3/c1-22(2)16-8-7-12(9-17(16)23(25)26)10-20-21-18(24)14-11-19-15-6-4-3-5-13(14)15/h3-11,19H,1-2H3,(H,21,24)/b20-10+. The summed E-state index contributed by atoms with van der Waals surface area (Å²) < 4.78 is 0. The molecule has 1 heterocycles. The van der Waals surface area contributed by atoms with Crippen molar-refractivity contribution in [3.05, 3.63) is 69.9 Å². The maximum atomic E-state index is 12.3. The maximum absolute atomic E-state index is 12.3. The van der Waals surface area contributed by atoms with Gasteiger partial charge in [0.05, 0.1) is 16.7 Å². The van der Waals surface area contributed by atoms with Gasteiger partial charge in [0.15, 0.2) is 0 Å². The van der Waals surface area contributed by atoms with Crippen LogP contribution in [-0.4, -0.2) is 36.1 Å². The van der Waals surface area contributed by atoms with Gasteiger partial charge >= 0.3 is 0 Å². The molecule has 8 heteroatoms. The van der Waals surface area contributed by atoms with Crippen molar-refractivity contribution >= 4 is 34.4 Å². The first-order valence-corrected chi connectivity index (χ1v) is 7.82. The van der Waals surface area contributed by atoms with E-state index in [9.17, 15) is 14.9 Å². The van der Waals surface area contributed by atoms with Crippen LogP contribution in [0.4, 0.5) is 11.4 Å². The van der Waals surface area contributed by atoms with Crippen molar-refractivity contribution in [2.45, 2.75) is 0 Å². The number of H-pyrrole nitrogens is 1. The van der Waals surface area contributed by atoms with E-state index in [2.05, 4.69) is 15.5 Å². The molecule has 0 spiro atoms. The molecule has 0 aliphatic rings. The number of hydrogen-bond donors (Lipinski definition) is 2. The van der Waals surface area contributed by atoms with Crippen molar-refractivity contribution in [2.75, 3.05) is 19.0 Å². The SMILES string of the molecule is CN(C)c1ccc(/C=N/NC(=O)c2c[nH]c3ccccc23)cc1[N+](=O)[O-]. The second-order valence-electron chi connectivity index (χ2n) is 5.85. The van der Waals surface area contributed by atoms with E-state index in [1.165, 1.54) is 12.3 Å². The minimum Gasteiger partial charge on any atom is -0.372 e. The van der Waals surface area contributed by atoms with Gasteiger partial charge in [-0.25, -0.2) is 5.43 Å². The number of carbonyl (C=O) groups is 1. The molecule has 1 amide bonds. The molecule has 8 nitrogen and oxygen atoms in total. The van der Waals surface area contributed by atoms with Gasteiger partial charge in [-0.05, 0) is 12.1 Å². The molecular weight excluding hydrogens is 334 g/mol. The summed E-state index contributed by atoms with van der Waals surface area (Å²) in [7, 11) is 3.47. The predicted molar refractivity (Wildman–Crippen MR) is 101 cm³/mol. The largest absolute Gasteiger partial charge is 0.372 e. The van der Waals surface area contributed by atoms with Gasteiger partial charge in [-0.2, -0.15) is 5.10 Å². The number of fused-ring (bicyclic) bond motifs is 1. The van der Waals surface area contributed by atoms with Gasteiger partial charge < -0.3 is 9.88 Å². The van der Waals surface area contributed by atoms with Crippen molar-refractivity contribution < 1.29 is 9.72 Å². The van der Waals surface area contributed by atoms with Gasteiger partial charge in [-0.3, -0.25) is 14.9 Å². The highest BCUT2D eigenvalue weighted by Gasteiger charge is 2.15. The summed E-state index contributed by atoms with van der Waals surface area (Å²) in [5.41, 5.74) is 4.76. The van der Waals surface area contributed by atoms with E-state index in [1.54, 1.807) is 37.3 Å². The predicted octanol–water partition coefficient (Wildman–Crippen LogP) is 2.91. The third-order valence-electron chi connectivity index (χ3n) is 3.89. The van der Waals surface area contributed by atoms with Crippen LogP contribution in [0.5, 0.6) is 0 Å². The molecule has 0 bridgehead atoms. The highest BCUT2D eigenvalue weighted by molar-refractivity contribution is 6.06. The highest BCUT2D eigenvalue weighted by Crippen LogP contribution is 2.27. The molecule has 0 aliphatic carbocycles. The molecule has 0 saturated carbocycles. The van der Waals surface area contributed by atoms with Gasteiger partial charge in [0.1, 0.15) is 5.69 Å². The average molecular weight is 351 g/mol. The fourth-order valence-electron chi connectivity index (χ4n) is 2.63. The quantitative estimate of drug-likeness (QED) is 0.419. The molecule has 0 unspecified atom stereocenters. The Labute approximate surface area is 149 Å². The molecule has 0 radical (unpaired) electrons. The molecule has 1 aromatic heterocycles. The molecule has 0 fully saturated rings. The Morgan fingerprint density at radius 2 is 2.04 bits per heavy atom. The molecule has 0 atom stereocenters. The van der Waals surface area contributed by atoms with Crippen LogP contribution in [0.25, 0.3) is 10.9 Å². The van der Waals surface area contributed by atoms with Crippen LogP contribution in [0.3, 0.4) is 0 Å². The van der Waals surface area contributed by atoms with Crippen molar-refractivity contribution in [1.82, 2.24) is 10.4 Å². The topological polar surface area (TPSA) is 104 Å². The first-order chi connectivity index (χ1) is 12.5. The monoisotopic (exact) mass is 351 g/mol. The highest BCUT2D eigenvalue weighted by atomic mass is 16.6. The third kappa shape index (κ3) is 3.39. The Morgan fingerprint density at radius 1 is 1.27 bits per heavy atom. The van der Waals surface area contributed by atoms with E-state index in [-0.39, 0.29) is 11.6 Å². The van der Waals surface area contributed by atoms with E-state index in [4.69, 9.17) is 0 Å². The lowest BCUT2D eigenvalue weighted by Crippen LogP contribution is -2.17. The zero-order valence-corrected chi connectivity index (χ0v) is 14.3. The lowest BCUT2D eigenvalue weighted by molar-refractivity contribution is -0.384. The first kappa shape index (κ1) is 17.2. The average Bonchev–Trinajstić information content (AvgIpc) is 3.05. The molecule has 0 saturated heterocycles. The smallest absolute Gasteiger partial charge is 0.293 e. The molecule has 0 aliphatic heterocycles. The molecule has 3 aromatic rings. The third-order valence-corrected chi connectivity index (χ3v) is 3.89. The normalized spacial score (nSPS) is 11.0. The Bertz CT molecular complexity index is 1010. The maximum Gasteiger partial charge on any atom is 0.293 e. The van der Waals surface area contributed by atoms with Crippen LogP contribution in [0.15, 0.2) is 53.8 Å². The minimum absolute atomic E-state index is 0.0260. The Morgan fingerprint density at radius 3 is 2.77 bits per heavy atom. The van der Waals surface area contributed by atoms with Crippen LogP contribution in [0.1, 0.15) is 15.9 Å². The van der Waals surface area contributed by atoms with Crippen molar-refractivity contribution in [3.8, 4) is 0 Å². The number of nitro groups is 1. The van der Waals surface area contributed by atoms with Crippen LogP contribution >= 0.6 is 0 Å². The van der Waals surface area contributed by atoms with Crippen LogP contribution in [-0.2, 0) is 0 Å². The van der Waals surface area contributed by atoms with Gasteiger partial charge in [-0.15, -0.1) is 0 Å². The summed E-state index contributed by atoms with van der Waals surface area (Å²) in [5.74, 6) is -0.363. The second-order valence-corrected chi connectivity index (χ2v) is 5.85. The summed E-state index contributed by atoms with van der Waals surface area (Å²) in [6.07, 6.45) is 2.99. The number of nitro benzene ring substituents is 1. The number of hydrogen-bond acceptors (Lipinski definition) is 5. The Balaban J connectivity index is 1.77. The summed E-state index contributed by atoms with van der Waals surface area (Å²) in [6, 6.07) is 12.2. The number of carbonyl (C=O) groups excluding carboxylic acids is 1. The van der Waals surface area contributed by atoms with Gasteiger partial charge in [0.25, 0.3) is 11.6 Å². The number of aromatic amines is 1. The van der Waals surface area contributed by atoms with Crippen LogP contribution in [0.2, 0.25) is 0 Å². The number of aromatic nitrogens is 1. The summed E-state index contributed by atoms with van der Waals surface area (Å²) >= 11 is 0. The van der Waals surface area contributed by atoms with E-state index in [1.807, 2.05) is 24.3 Å². The Hall–Kier alpha value is -3.68. The minimum atomic E-state index is -0.447. The number of benzene rings is 2. The number of amides is 1. The zero-order chi connectivity index (χ0) is 18.7. The second kappa shape index (κ2) is 7.06. The first-order valence-electron chi connectivity index (χ1n) is 7.82. The summed E-state index contributed by atoms with van der Waals surface area (Å²) in [5, 5.41) is 15.9. The van der Waals surface area contributed by atoms with Gasteiger partial charge in [0, 0.05) is 42.8 Å². The van der Waals surface area contributed by atoms with Crippen LogP contribution < -0.4 is 10.3 Å². The Kier molecular flexibility index (Phi) is 4.66. The molecule has 3 rings (SSSR count). The molecular formula is C18H17N5O3. The number of nitrogens with one attached hydrogen (secondary N) is 2.